The number of nitrogens with zero attached hydrogens (tertiary/aromatic N) is 1. The van der Waals surface area contributed by atoms with Crippen molar-refractivity contribution in [1.82, 2.24) is 4.98 Å². The summed E-state index contributed by atoms with van der Waals surface area (Å²) in [6.07, 6.45) is -4.56. The monoisotopic (exact) mass is 457 g/mol. The molecule has 0 spiro atoms. The van der Waals surface area contributed by atoms with E-state index in [0.29, 0.717) is 27.9 Å². The smallest absolute Gasteiger partial charge is 0.321 e. The van der Waals surface area contributed by atoms with Crippen molar-refractivity contribution in [1.29, 1.82) is 0 Å². The maximum absolute atomic E-state index is 12.9. The summed E-state index contributed by atoms with van der Waals surface area (Å²) in [6.45, 7) is 4.86. The van der Waals surface area contributed by atoms with Crippen LogP contribution in [-0.4, -0.2) is 25.1 Å². The van der Waals surface area contributed by atoms with Gasteiger partial charge in [0.1, 0.15) is 10.5 Å². The number of rotatable bonds is 5. The lowest BCUT2D eigenvalue weighted by Crippen LogP contribution is -2.16. The molecule has 2 aromatic heterocycles. The van der Waals surface area contributed by atoms with Gasteiger partial charge in [0.25, 0.3) is 5.91 Å². The van der Waals surface area contributed by atoms with Gasteiger partial charge in [0, 0.05) is 11.1 Å². The van der Waals surface area contributed by atoms with Crippen molar-refractivity contribution < 1.29 is 26.4 Å². The summed E-state index contributed by atoms with van der Waals surface area (Å²) in [5.74, 6) is -0.550. The summed E-state index contributed by atoms with van der Waals surface area (Å²) in [5.41, 5.74) is 0.964. The van der Waals surface area contributed by atoms with Crippen LogP contribution in [0.1, 0.15) is 33.4 Å². The molecule has 3 aromatic rings. The first kappa shape index (κ1) is 22.0. The van der Waals surface area contributed by atoms with E-state index in [2.05, 4.69) is 15.0 Å². The Morgan fingerprint density at radius 3 is 2.47 bits per heavy atom. The van der Waals surface area contributed by atoms with Gasteiger partial charge < -0.3 is 5.32 Å². The number of benzene rings is 1. The van der Waals surface area contributed by atoms with Crippen molar-refractivity contribution in [3.8, 4) is 0 Å². The summed E-state index contributed by atoms with van der Waals surface area (Å²) in [7, 11) is -3.43. The average molecular weight is 457 g/mol. The molecule has 1 aromatic carbocycles. The Morgan fingerprint density at radius 2 is 1.87 bits per heavy atom. The molecule has 0 aliphatic rings. The number of aromatic nitrogens is 1. The second kappa shape index (κ2) is 7.88. The molecule has 0 atom stereocenters. The second-order valence-electron chi connectivity index (χ2n) is 6.59. The molecule has 2 heterocycles. The molecule has 0 aliphatic carbocycles. The predicted molar refractivity (Wildman–Crippen MR) is 112 cm³/mol. The molecular weight excluding hydrogens is 439 g/mol. The van der Waals surface area contributed by atoms with E-state index in [1.54, 1.807) is 26.0 Å². The van der Waals surface area contributed by atoms with E-state index in [-0.39, 0.29) is 15.5 Å². The van der Waals surface area contributed by atoms with Gasteiger partial charge in [-0.05, 0) is 62.2 Å². The SMILES string of the molecule is CCS(=O)(=O)Nc1ccc(NC(=O)c2sc3nc(C(F)(F)F)ccc3c2C)cc1C. The van der Waals surface area contributed by atoms with E-state index in [9.17, 15) is 26.4 Å². The molecule has 0 radical (unpaired) electrons. The van der Waals surface area contributed by atoms with E-state index in [1.165, 1.54) is 19.1 Å². The van der Waals surface area contributed by atoms with Crippen LogP contribution >= 0.6 is 11.3 Å². The third-order valence-electron chi connectivity index (χ3n) is 4.43. The van der Waals surface area contributed by atoms with Gasteiger partial charge >= 0.3 is 6.18 Å². The first-order valence-corrected chi connectivity index (χ1v) is 11.3. The highest BCUT2D eigenvalue weighted by molar-refractivity contribution is 7.92. The van der Waals surface area contributed by atoms with Gasteiger partial charge in [-0.1, -0.05) is 0 Å². The minimum Gasteiger partial charge on any atom is -0.321 e. The van der Waals surface area contributed by atoms with Crippen molar-refractivity contribution in [2.75, 3.05) is 15.8 Å². The topological polar surface area (TPSA) is 88.2 Å². The first-order chi connectivity index (χ1) is 13.9. The highest BCUT2D eigenvalue weighted by atomic mass is 32.2. The van der Waals surface area contributed by atoms with Crippen molar-refractivity contribution in [3.05, 3.63) is 52.0 Å². The molecule has 30 heavy (non-hydrogen) atoms. The Kier molecular flexibility index (Phi) is 5.79. The Morgan fingerprint density at radius 1 is 1.17 bits per heavy atom. The van der Waals surface area contributed by atoms with Gasteiger partial charge in [-0.3, -0.25) is 9.52 Å². The average Bonchev–Trinajstić information content (AvgIpc) is 2.99. The third-order valence-corrected chi connectivity index (χ3v) is 6.92. The van der Waals surface area contributed by atoms with Gasteiger partial charge in [0.15, 0.2) is 0 Å². The number of anilines is 2. The molecule has 0 fully saturated rings. The molecule has 0 aliphatic heterocycles. The molecule has 0 saturated heterocycles. The van der Waals surface area contributed by atoms with Crippen LogP contribution in [0.2, 0.25) is 0 Å². The first-order valence-electron chi connectivity index (χ1n) is 8.81. The molecule has 6 nitrogen and oxygen atoms in total. The molecule has 0 saturated carbocycles. The Hall–Kier alpha value is -2.66. The van der Waals surface area contributed by atoms with Gasteiger partial charge in [0.2, 0.25) is 10.0 Å². The zero-order valence-corrected chi connectivity index (χ0v) is 17.8. The summed E-state index contributed by atoms with van der Waals surface area (Å²) >= 11 is 0.885. The molecule has 11 heteroatoms. The van der Waals surface area contributed by atoms with Crippen molar-refractivity contribution in [2.45, 2.75) is 26.9 Å². The van der Waals surface area contributed by atoms with Crippen LogP contribution in [0, 0.1) is 13.8 Å². The lowest BCUT2D eigenvalue weighted by atomic mass is 10.1. The fourth-order valence-electron chi connectivity index (χ4n) is 2.76. The Balaban J connectivity index is 1.86. The fourth-order valence-corrected chi connectivity index (χ4v) is 4.54. The van der Waals surface area contributed by atoms with E-state index in [0.717, 1.165) is 17.4 Å². The molecule has 2 N–H and O–H groups in total. The molecule has 160 valence electrons. The second-order valence-corrected chi connectivity index (χ2v) is 9.60. The number of aryl methyl sites for hydroxylation is 2. The normalized spacial score (nSPS) is 12.2. The van der Waals surface area contributed by atoms with E-state index < -0.39 is 27.8 Å². The molecule has 0 bridgehead atoms. The maximum Gasteiger partial charge on any atom is 0.433 e. The summed E-state index contributed by atoms with van der Waals surface area (Å²) in [6, 6.07) is 6.89. The van der Waals surface area contributed by atoms with Crippen LogP contribution in [0.4, 0.5) is 24.5 Å². The Labute approximate surface area is 175 Å². The van der Waals surface area contributed by atoms with Crippen molar-refractivity contribution in [2.24, 2.45) is 0 Å². The molecular formula is C19H18F3N3O3S2. The zero-order valence-electron chi connectivity index (χ0n) is 16.2. The largest absolute Gasteiger partial charge is 0.433 e. The van der Waals surface area contributed by atoms with Crippen LogP contribution in [-0.2, 0) is 16.2 Å². The fraction of sp³-hybridized carbons (Fsp3) is 0.263. The van der Waals surface area contributed by atoms with E-state index >= 15 is 0 Å². The summed E-state index contributed by atoms with van der Waals surface area (Å²) in [4.78, 5) is 16.7. The number of fused-ring (bicyclic) bond motifs is 1. The van der Waals surface area contributed by atoms with E-state index in [1.807, 2.05) is 0 Å². The number of sulfonamides is 1. The van der Waals surface area contributed by atoms with Crippen LogP contribution in [0.5, 0.6) is 0 Å². The number of nitrogens with one attached hydrogen (secondary N) is 2. The highest BCUT2D eigenvalue weighted by Gasteiger charge is 2.33. The number of thiophene rings is 1. The number of pyridine rings is 1. The van der Waals surface area contributed by atoms with Crippen LogP contribution in [0.15, 0.2) is 30.3 Å². The highest BCUT2D eigenvalue weighted by Crippen LogP contribution is 2.34. The number of halogens is 3. The predicted octanol–water partition coefficient (Wildman–Crippen LogP) is 4.95. The molecule has 0 unspecified atom stereocenters. The Bertz CT molecular complexity index is 1240. The van der Waals surface area contributed by atoms with Gasteiger partial charge in [0.05, 0.1) is 16.3 Å². The van der Waals surface area contributed by atoms with Gasteiger partial charge in [-0.15, -0.1) is 11.3 Å². The zero-order chi connectivity index (χ0) is 22.3. The van der Waals surface area contributed by atoms with Crippen molar-refractivity contribution in [3.63, 3.8) is 0 Å². The minimum absolute atomic E-state index is 0.0692. The number of carbonyl (C=O) groups excluding carboxylic acids is 1. The van der Waals surface area contributed by atoms with Crippen molar-refractivity contribution >= 4 is 48.9 Å². The lowest BCUT2D eigenvalue weighted by molar-refractivity contribution is -0.140. The van der Waals surface area contributed by atoms with Crippen LogP contribution in [0.25, 0.3) is 10.2 Å². The minimum atomic E-state index is -4.56. The number of hydrogen-bond acceptors (Lipinski definition) is 5. The number of amides is 1. The number of alkyl halides is 3. The quantitative estimate of drug-likeness (QED) is 0.568. The maximum atomic E-state index is 12.9. The number of carbonyl (C=O) groups is 1. The van der Waals surface area contributed by atoms with Gasteiger partial charge in [-0.25, -0.2) is 13.4 Å². The lowest BCUT2D eigenvalue weighted by Gasteiger charge is -2.11. The van der Waals surface area contributed by atoms with E-state index in [4.69, 9.17) is 0 Å². The summed E-state index contributed by atoms with van der Waals surface area (Å²) in [5, 5.41) is 3.18. The van der Waals surface area contributed by atoms with Crippen LogP contribution in [0.3, 0.4) is 0 Å². The summed E-state index contributed by atoms with van der Waals surface area (Å²) < 4.78 is 64.6. The molecule has 3 rings (SSSR count). The van der Waals surface area contributed by atoms with Gasteiger partial charge in [-0.2, -0.15) is 13.2 Å². The van der Waals surface area contributed by atoms with Crippen LogP contribution < -0.4 is 10.0 Å². The number of hydrogen-bond donors (Lipinski definition) is 2. The third kappa shape index (κ3) is 4.57. The standard InChI is InChI=1S/C19H18F3N3O3S2/c1-4-30(27,28)25-14-7-5-12(9-10(14)2)23-17(26)16-11(3)13-6-8-15(19(20,21)22)24-18(13)29-16/h5-9,25H,4H2,1-3H3,(H,23,26). The molecule has 1 amide bonds.